The highest BCUT2D eigenvalue weighted by atomic mass is 16.2. The van der Waals surface area contributed by atoms with E-state index in [4.69, 9.17) is 0 Å². The van der Waals surface area contributed by atoms with Crippen LogP contribution in [0.15, 0.2) is 0 Å². The maximum atomic E-state index is 12.0. The van der Waals surface area contributed by atoms with Gasteiger partial charge in [-0.25, -0.2) is 0 Å². The first-order valence-electron chi connectivity index (χ1n) is 7.04. The van der Waals surface area contributed by atoms with E-state index in [0.717, 1.165) is 0 Å². The number of amides is 2. The molecule has 0 aromatic rings. The van der Waals surface area contributed by atoms with Gasteiger partial charge in [0.2, 0.25) is 11.8 Å². The minimum Gasteiger partial charge on any atom is -0.345 e. The van der Waals surface area contributed by atoms with E-state index in [1.54, 1.807) is 11.8 Å². The summed E-state index contributed by atoms with van der Waals surface area (Å²) in [6.45, 7) is 13.7. The fraction of sp³-hybridized carbons (Fsp3) is 0.857. The summed E-state index contributed by atoms with van der Waals surface area (Å²) in [4.78, 5) is 25.4. The molecule has 2 N–H and O–H groups in total. The van der Waals surface area contributed by atoms with Gasteiger partial charge in [-0.3, -0.25) is 9.59 Å². The number of nitrogens with zero attached hydrogens (tertiary/aromatic N) is 1. The van der Waals surface area contributed by atoms with Gasteiger partial charge in [0.25, 0.3) is 0 Å². The zero-order chi connectivity index (χ0) is 15.1. The van der Waals surface area contributed by atoms with Crippen LogP contribution in [-0.4, -0.2) is 47.9 Å². The molecule has 2 amide bonds. The van der Waals surface area contributed by atoms with Crippen molar-refractivity contribution in [2.24, 2.45) is 0 Å². The average Bonchev–Trinajstić information content (AvgIpc) is 2.28. The molecule has 0 bridgehead atoms. The lowest BCUT2D eigenvalue weighted by atomic mass is 10.1. The predicted molar refractivity (Wildman–Crippen MR) is 77.9 cm³/mol. The number of likely N-dealkylation sites (N-methyl/N-ethyl adjacent to an activating group) is 1. The van der Waals surface area contributed by atoms with Crippen molar-refractivity contribution in [3.8, 4) is 0 Å². The molecule has 0 saturated carbocycles. The van der Waals surface area contributed by atoms with Crippen LogP contribution in [0.5, 0.6) is 0 Å². The molecular weight excluding hydrogens is 242 g/mol. The molecule has 0 fully saturated rings. The van der Waals surface area contributed by atoms with E-state index in [1.165, 1.54) is 0 Å². The molecule has 5 heteroatoms. The van der Waals surface area contributed by atoms with E-state index in [9.17, 15) is 9.59 Å². The Kier molecular flexibility index (Phi) is 7.68. The molecule has 0 spiro atoms. The zero-order valence-electron chi connectivity index (χ0n) is 13.2. The molecule has 0 saturated heterocycles. The monoisotopic (exact) mass is 271 g/mol. The molecule has 19 heavy (non-hydrogen) atoms. The van der Waals surface area contributed by atoms with Crippen molar-refractivity contribution in [3.63, 3.8) is 0 Å². The second-order valence-corrected chi connectivity index (χ2v) is 5.73. The molecule has 0 rings (SSSR count). The Balaban J connectivity index is 4.08. The largest absolute Gasteiger partial charge is 0.345 e. The van der Waals surface area contributed by atoms with Crippen molar-refractivity contribution in [1.29, 1.82) is 0 Å². The Morgan fingerprint density at radius 3 is 2.11 bits per heavy atom. The number of hydrogen-bond donors (Lipinski definition) is 2. The fourth-order valence-corrected chi connectivity index (χ4v) is 1.74. The van der Waals surface area contributed by atoms with Crippen molar-refractivity contribution in [2.45, 2.75) is 59.5 Å². The van der Waals surface area contributed by atoms with Crippen LogP contribution in [0.1, 0.15) is 48.0 Å². The quantitative estimate of drug-likeness (QED) is 0.730. The van der Waals surface area contributed by atoms with Gasteiger partial charge in [0.05, 0.1) is 0 Å². The first-order valence-corrected chi connectivity index (χ1v) is 7.04. The number of rotatable bonds is 7. The second-order valence-electron chi connectivity index (χ2n) is 5.73. The van der Waals surface area contributed by atoms with Crippen LogP contribution < -0.4 is 10.6 Å². The molecule has 0 aliphatic carbocycles. The minimum atomic E-state index is -0.456. The van der Waals surface area contributed by atoms with Crippen LogP contribution in [0, 0.1) is 0 Å². The number of carbonyl (C=O) groups excluding carboxylic acids is 2. The normalized spacial score (nSPS) is 12.9. The van der Waals surface area contributed by atoms with Crippen molar-refractivity contribution in [2.75, 3.05) is 19.6 Å². The molecule has 5 nitrogen and oxygen atoms in total. The molecule has 0 aromatic carbocycles. The Bertz CT molecular complexity index is 294. The van der Waals surface area contributed by atoms with E-state index >= 15 is 0 Å². The number of carbonyl (C=O) groups is 2. The standard InChI is InChI=1S/C14H29N3O2/c1-7-17(8-2)13(19)11(3)16-12(18)9-10-15-14(4,5)6/h11,15H,7-10H2,1-6H3,(H,16,18). The van der Waals surface area contributed by atoms with Gasteiger partial charge in [0, 0.05) is 31.6 Å². The molecule has 0 aromatic heterocycles. The van der Waals surface area contributed by atoms with Gasteiger partial charge in [-0.1, -0.05) is 0 Å². The molecule has 1 unspecified atom stereocenters. The SMILES string of the molecule is CCN(CC)C(=O)C(C)NC(=O)CCNC(C)(C)C. The van der Waals surface area contributed by atoms with Gasteiger partial charge in [-0.05, 0) is 41.5 Å². The van der Waals surface area contributed by atoms with Crippen LogP contribution in [0.2, 0.25) is 0 Å². The van der Waals surface area contributed by atoms with Crippen molar-refractivity contribution in [3.05, 3.63) is 0 Å². The summed E-state index contributed by atoms with van der Waals surface area (Å²) >= 11 is 0. The number of hydrogen-bond acceptors (Lipinski definition) is 3. The first kappa shape index (κ1) is 17.9. The topological polar surface area (TPSA) is 61.4 Å². The molecule has 0 aliphatic rings. The highest BCUT2D eigenvalue weighted by molar-refractivity contribution is 5.87. The molecular formula is C14H29N3O2. The highest BCUT2D eigenvalue weighted by Gasteiger charge is 2.19. The molecule has 0 aliphatic heterocycles. The van der Waals surface area contributed by atoms with E-state index in [0.29, 0.717) is 26.1 Å². The van der Waals surface area contributed by atoms with Crippen LogP contribution in [-0.2, 0) is 9.59 Å². The lowest BCUT2D eigenvalue weighted by Crippen LogP contribution is -2.47. The van der Waals surface area contributed by atoms with Crippen LogP contribution in [0.4, 0.5) is 0 Å². The Morgan fingerprint density at radius 1 is 1.16 bits per heavy atom. The molecule has 112 valence electrons. The van der Waals surface area contributed by atoms with Crippen molar-refractivity contribution < 1.29 is 9.59 Å². The summed E-state index contributed by atoms with van der Waals surface area (Å²) in [6, 6.07) is -0.456. The van der Waals surface area contributed by atoms with Crippen LogP contribution in [0.3, 0.4) is 0 Å². The molecule has 1 atom stereocenters. The van der Waals surface area contributed by atoms with Gasteiger partial charge in [0.15, 0.2) is 0 Å². The van der Waals surface area contributed by atoms with E-state index in [2.05, 4.69) is 31.4 Å². The fourth-order valence-electron chi connectivity index (χ4n) is 1.74. The Hall–Kier alpha value is -1.10. The van der Waals surface area contributed by atoms with E-state index in [-0.39, 0.29) is 17.4 Å². The maximum absolute atomic E-state index is 12.0. The van der Waals surface area contributed by atoms with Crippen molar-refractivity contribution in [1.82, 2.24) is 15.5 Å². The third-order valence-electron chi connectivity index (χ3n) is 2.83. The Morgan fingerprint density at radius 2 is 1.68 bits per heavy atom. The highest BCUT2D eigenvalue weighted by Crippen LogP contribution is 1.99. The number of nitrogens with one attached hydrogen (secondary N) is 2. The van der Waals surface area contributed by atoms with Gasteiger partial charge in [-0.15, -0.1) is 0 Å². The van der Waals surface area contributed by atoms with Crippen molar-refractivity contribution >= 4 is 11.8 Å². The second kappa shape index (κ2) is 8.15. The third-order valence-corrected chi connectivity index (χ3v) is 2.83. The van der Waals surface area contributed by atoms with Crippen LogP contribution >= 0.6 is 0 Å². The lowest BCUT2D eigenvalue weighted by molar-refractivity contribution is -0.135. The van der Waals surface area contributed by atoms with E-state index < -0.39 is 6.04 Å². The smallest absolute Gasteiger partial charge is 0.244 e. The zero-order valence-corrected chi connectivity index (χ0v) is 13.2. The average molecular weight is 271 g/mol. The summed E-state index contributed by atoms with van der Waals surface area (Å²) in [5.41, 5.74) is 0.00291. The molecule has 0 heterocycles. The van der Waals surface area contributed by atoms with Crippen LogP contribution in [0.25, 0.3) is 0 Å². The predicted octanol–water partition coefficient (Wildman–Crippen LogP) is 1.14. The third kappa shape index (κ3) is 7.82. The van der Waals surface area contributed by atoms with Gasteiger partial charge in [-0.2, -0.15) is 0 Å². The van der Waals surface area contributed by atoms with E-state index in [1.807, 2.05) is 13.8 Å². The summed E-state index contributed by atoms with van der Waals surface area (Å²) in [5, 5.41) is 5.99. The first-order chi connectivity index (χ1) is 8.71. The summed E-state index contributed by atoms with van der Waals surface area (Å²) < 4.78 is 0. The summed E-state index contributed by atoms with van der Waals surface area (Å²) in [7, 11) is 0. The van der Waals surface area contributed by atoms with Gasteiger partial charge >= 0.3 is 0 Å². The lowest BCUT2D eigenvalue weighted by Gasteiger charge is -2.24. The maximum Gasteiger partial charge on any atom is 0.244 e. The molecule has 0 radical (unpaired) electrons. The minimum absolute atomic E-state index is 0.00291. The van der Waals surface area contributed by atoms with Gasteiger partial charge in [0.1, 0.15) is 6.04 Å². The Labute approximate surface area is 117 Å². The summed E-state index contributed by atoms with van der Waals surface area (Å²) in [6.07, 6.45) is 0.382. The summed E-state index contributed by atoms with van der Waals surface area (Å²) in [5.74, 6) is -0.119. The van der Waals surface area contributed by atoms with Gasteiger partial charge < -0.3 is 15.5 Å².